The molecule has 0 N–H and O–H groups in total. The third-order valence-corrected chi connectivity index (χ3v) is 7.84. The fraction of sp³-hybridized carbons (Fsp3) is 0.882. The van der Waals surface area contributed by atoms with Gasteiger partial charge in [0.05, 0.1) is 5.60 Å². The lowest BCUT2D eigenvalue weighted by Crippen LogP contribution is -2.52. The first-order valence-electron chi connectivity index (χ1n) is 9.52. The zero-order valence-corrected chi connectivity index (χ0v) is 16.4. The summed E-state index contributed by atoms with van der Waals surface area (Å²) in [6, 6.07) is 0. The Morgan fingerprint density at radius 3 is 2.62 bits per heavy atom. The molecule has 8 nitrogen and oxygen atoms in total. The predicted molar refractivity (Wildman–Crippen MR) is 94.8 cm³/mol. The molecule has 1 atom stereocenters. The maximum Gasteiger partial charge on any atom is 0.281 e. The van der Waals surface area contributed by atoms with Gasteiger partial charge in [-0.1, -0.05) is 5.16 Å². The minimum Gasteiger partial charge on any atom is -0.375 e. The lowest BCUT2D eigenvalue weighted by molar-refractivity contribution is -0.120. The molecule has 2 saturated heterocycles. The average Bonchev–Trinajstić information content (AvgIpc) is 3.35. The highest BCUT2D eigenvalue weighted by atomic mass is 32.2. The normalized spacial score (nSPS) is 27.3. The van der Waals surface area contributed by atoms with Gasteiger partial charge in [-0.15, -0.1) is 0 Å². The van der Waals surface area contributed by atoms with E-state index in [4.69, 9.17) is 9.26 Å². The van der Waals surface area contributed by atoms with E-state index in [1.165, 1.54) is 4.31 Å². The molecular weight excluding hydrogens is 356 g/mol. The van der Waals surface area contributed by atoms with Crippen LogP contribution in [0.4, 0.5) is 0 Å². The zero-order chi connectivity index (χ0) is 18.4. The molecule has 0 amide bonds. The maximum absolute atomic E-state index is 12.3. The summed E-state index contributed by atoms with van der Waals surface area (Å²) >= 11 is 0. The van der Waals surface area contributed by atoms with Crippen molar-refractivity contribution >= 4 is 10.2 Å². The van der Waals surface area contributed by atoms with Crippen molar-refractivity contribution in [3.63, 3.8) is 0 Å². The first kappa shape index (κ1) is 18.3. The first-order chi connectivity index (χ1) is 12.4. The number of rotatable bonds is 5. The molecular formula is C17H28N4O4S. The van der Waals surface area contributed by atoms with Crippen LogP contribution in [0.3, 0.4) is 0 Å². The molecule has 3 heterocycles. The minimum atomic E-state index is -3.34. The van der Waals surface area contributed by atoms with Gasteiger partial charge >= 0.3 is 0 Å². The van der Waals surface area contributed by atoms with E-state index in [2.05, 4.69) is 10.1 Å². The van der Waals surface area contributed by atoms with Crippen molar-refractivity contribution in [3.05, 3.63) is 11.7 Å². The Kier molecular flexibility index (Phi) is 4.83. The summed E-state index contributed by atoms with van der Waals surface area (Å²) in [7, 11) is -0.184. The molecule has 1 aromatic rings. The number of nitrogens with zero attached hydrogens (tertiary/aromatic N) is 4. The second kappa shape index (κ2) is 6.85. The standard InChI is InChI=1S/C17H28N4O4S/c1-20(2)26(22,23)21-8-6-17(7-9-21)12-13(5-10-24-17)11-15-18-16(25-19-15)14-3-4-14/h13-14H,3-12H2,1-2H3. The van der Waals surface area contributed by atoms with Crippen molar-refractivity contribution in [3.8, 4) is 0 Å². The molecule has 2 aliphatic heterocycles. The molecule has 3 fully saturated rings. The number of ether oxygens (including phenoxy) is 1. The first-order valence-corrected chi connectivity index (χ1v) is 10.9. The number of hydrogen-bond acceptors (Lipinski definition) is 6. The maximum atomic E-state index is 12.3. The molecule has 26 heavy (non-hydrogen) atoms. The largest absolute Gasteiger partial charge is 0.375 e. The van der Waals surface area contributed by atoms with Gasteiger partial charge in [-0.25, -0.2) is 0 Å². The smallest absolute Gasteiger partial charge is 0.281 e. The van der Waals surface area contributed by atoms with Crippen LogP contribution in [0.25, 0.3) is 0 Å². The SMILES string of the molecule is CN(C)S(=O)(=O)N1CCC2(CC1)CC(Cc1noc(C3CC3)n1)CCO2. The summed E-state index contributed by atoms with van der Waals surface area (Å²) in [5, 5.41) is 4.15. The Morgan fingerprint density at radius 1 is 1.23 bits per heavy atom. The second-order valence-electron chi connectivity index (χ2n) is 8.11. The minimum absolute atomic E-state index is 0.204. The number of piperidine rings is 1. The molecule has 3 aliphatic rings. The van der Waals surface area contributed by atoms with Crippen molar-refractivity contribution in [2.45, 2.75) is 56.5 Å². The number of aromatic nitrogens is 2. The molecule has 0 bridgehead atoms. The monoisotopic (exact) mass is 384 g/mol. The highest BCUT2D eigenvalue weighted by molar-refractivity contribution is 7.86. The van der Waals surface area contributed by atoms with Gasteiger partial charge in [-0.2, -0.15) is 22.0 Å². The van der Waals surface area contributed by atoms with Crippen LogP contribution in [0.15, 0.2) is 4.52 Å². The second-order valence-corrected chi connectivity index (χ2v) is 10.2. The molecule has 4 rings (SSSR count). The quantitative estimate of drug-likeness (QED) is 0.765. The van der Waals surface area contributed by atoms with E-state index < -0.39 is 10.2 Å². The van der Waals surface area contributed by atoms with Gasteiger partial charge < -0.3 is 9.26 Å². The van der Waals surface area contributed by atoms with E-state index in [1.807, 2.05) is 0 Å². The van der Waals surface area contributed by atoms with Gasteiger partial charge in [0.2, 0.25) is 5.89 Å². The van der Waals surface area contributed by atoms with Crippen LogP contribution in [0.5, 0.6) is 0 Å². The molecule has 1 spiro atoms. The molecule has 1 aromatic heterocycles. The molecule has 0 radical (unpaired) electrons. The van der Waals surface area contributed by atoms with Crippen molar-refractivity contribution in [2.24, 2.45) is 5.92 Å². The van der Waals surface area contributed by atoms with Crippen molar-refractivity contribution in [2.75, 3.05) is 33.8 Å². The van der Waals surface area contributed by atoms with Gasteiger partial charge in [-0.05, 0) is 44.4 Å². The molecule has 0 aromatic carbocycles. The van der Waals surface area contributed by atoms with E-state index in [9.17, 15) is 8.42 Å². The van der Waals surface area contributed by atoms with E-state index >= 15 is 0 Å². The predicted octanol–water partition coefficient (Wildman–Crippen LogP) is 1.56. The van der Waals surface area contributed by atoms with Crippen molar-refractivity contribution < 1.29 is 17.7 Å². The molecule has 146 valence electrons. The van der Waals surface area contributed by atoms with Crippen LogP contribution in [0.1, 0.15) is 56.2 Å². The van der Waals surface area contributed by atoms with Crippen LogP contribution in [0.2, 0.25) is 0 Å². The Labute approximate surface area is 155 Å². The fourth-order valence-electron chi connectivity index (χ4n) is 4.11. The van der Waals surface area contributed by atoms with Gasteiger partial charge in [0.25, 0.3) is 10.2 Å². The topological polar surface area (TPSA) is 88.8 Å². The van der Waals surface area contributed by atoms with Crippen molar-refractivity contribution in [1.82, 2.24) is 18.8 Å². The third-order valence-electron chi connectivity index (χ3n) is 5.90. The van der Waals surface area contributed by atoms with Crippen LogP contribution in [-0.4, -0.2) is 66.6 Å². The molecule has 1 unspecified atom stereocenters. The van der Waals surface area contributed by atoms with Gasteiger partial charge in [0, 0.05) is 46.1 Å². The highest BCUT2D eigenvalue weighted by Crippen LogP contribution is 2.41. The summed E-state index contributed by atoms with van der Waals surface area (Å²) in [6.45, 7) is 1.75. The van der Waals surface area contributed by atoms with Crippen LogP contribution in [0, 0.1) is 5.92 Å². The molecule has 1 saturated carbocycles. The summed E-state index contributed by atoms with van der Waals surface area (Å²) in [6.07, 6.45) is 6.57. The lowest BCUT2D eigenvalue weighted by atomic mass is 9.78. The van der Waals surface area contributed by atoms with E-state index in [-0.39, 0.29) is 5.60 Å². The summed E-state index contributed by atoms with van der Waals surface area (Å²) in [5.41, 5.74) is -0.204. The van der Waals surface area contributed by atoms with Crippen molar-refractivity contribution in [1.29, 1.82) is 0 Å². The Balaban J connectivity index is 1.36. The lowest BCUT2D eigenvalue weighted by Gasteiger charge is -2.46. The van der Waals surface area contributed by atoms with E-state index in [0.717, 1.165) is 63.3 Å². The van der Waals surface area contributed by atoms with Crippen LogP contribution < -0.4 is 0 Å². The Morgan fingerprint density at radius 2 is 1.96 bits per heavy atom. The Hall–Kier alpha value is -1.03. The van der Waals surface area contributed by atoms with Crippen LogP contribution in [-0.2, 0) is 21.4 Å². The fourth-order valence-corrected chi connectivity index (χ4v) is 5.22. The van der Waals surface area contributed by atoms with Crippen LogP contribution >= 0.6 is 0 Å². The number of hydrogen-bond donors (Lipinski definition) is 0. The summed E-state index contributed by atoms with van der Waals surface area (Å²) < 4.78 is 39.0. The Bertz CT molecular complexity index is 736. The summed E-state index contributed by atoms with van der Waals surface area (Å²) in [4.78, 5) is 4.55. The van der Waals surface area contributed by atoms with E-state index in [1.54, 1.807) is 18.4 Å². The van der Waals surface area contributed by atoms with E-state index in [0.29, 0.717) is 24.9 Å². The highest BCUT2D eigenvalue weighted by Gasteiger charge is 2.43. The molecule has 1 aliphatic carbocycles. The van der Waals surface area contributed by atoms with Gasteiger partial charge in [0.1, 0.15) is 0 Å². The average molecular weight is 385 g/mol. The zero-order valence-electron chi connectivity index (χ0n) is 15.6. The summed E-state index contributed by atoms with van der Waals surface area (Å²) in [5.74, 6) is 2.55. The van der Waals surface area contributed by atoms with Gasteiger partial charge in [-0.3, -0.25) is 0 Å². The third kappa shape index (κ3) is 3.67. The van der Waals surface area contributed by atoms with Gasteiger partial charge in [0.15, 0.2) is 5.82 Å². The molecule has 9 heteroatoms.